The number of ether oxygens (including phenoxy) is 1. The number of hydrogen-bond acceptors (Lipinski definition) is 6. The molecule has 31 heavy (non-hydrogen) atoms. The number of carbonyl (C=O) groups is 1. The Kier molecular flexibility index (Phi) is 5.72. The van der Waals surface area contributed by atoms with E-state index in [0.29, 0.717) is 11.4 Å². The van der Waals surface area contributed by atoms with Crippen molar-refractivity contribution in [1.82, 2.24) is 4.98 Å². The zero-order chi connectivity index (χ0) is 22.2. The Bertz CT molecular complexity index is 1240. The number of rotatable bonds is 6. The van der Waals surface area contributed by atoms with Crippen molar-refractivity contribution >= 4 is 33.0 Å². The quantitative estimate of drug-likeness (QED) is 0.593. The van der Waals surface area contributed by atoms with Gasteiger partial charge in [-0.25, -0.2) is 13.4 Å². The molecule has 1 atom stereocenters. The summed E-state index contributed by atoms with van der Waals surface area (Å²) in [5.74, 6) is -0.535. The number of sulfonamides is 1. The Labute approximate surface area is 185 Å². The highest BCUT2D eigenvalue weighted by atomic mass is 32.2. The molecular weight excluding hydrogens is 436 g/mol. The van der Waals surface area contributed by atoms with Gasteiger partial charge < -0.3 is 9.84 Å². The Morgan fingerprint density at radius 1 is 1.26 bits per heavy atom. The van der Waals surface area contributed by atoms with Crippen LogP contribution in [0.2, 0.25) is 0 Å². The normalized spacial score (nSPS) is 15.9. The number of nitrogens with zero attached hydrogens (tertiary/aromatic N) is 2. The van der Waals surface area contributed by atoms with Gasteiger partial charge in [0.2, 0.25) is 0 Å². The summed E-state index contributed by atoms with van der Waals surface area (Å²) >= 11 is 1.49. The minimum atomic E-state index is -3.87. The van der Waals surface area contributed by atoms with Gasteiger partial charge in [-0.3, -0.25) is 9.10 Å². The van der Waals surface area contributed by atoms with Crippen molar-refractivity contribution in [3.63, 3.8) is 0 Å². The first kappa shape index (κ1) is 21.3. The Balaban J connectivity index is 1.79. The minimum Gasteiger partial charge on any atom is -0.486 e. The topological polar surface area (TPSA) is 96.8 Å². The summed E-state index contributed by atoms with van der Waals surface area (Å²) in [4.78, 5) is 15.7. The van der Waals surface area contributed by atoms with Gasteiger partial charge in [-0.1, -0.05) is 12.1 Å². The van der Waals surface area contributed by atoms with Crippen LogP contribution in [0.5, 0.6) is 5.75 Å². The molecule has 2 heterocycles. The highest BCUT2D eigenvalue weighted by Crippen LogP contribution is 2.41. The molecule has 0 radical (unpaired) electrons. The number of hydrogen-bond donors (Lipinski definition) is 1. The molecule has 4 rings (SSSR count). The third-order valence-corrected chi connectivity index (χ3v) is 7.80. The maximum Gasteiger partial charge on any atom is 0.303 e. The molecule has 0 fully saturated rings. The van der Waals surface area contributed by atoms with Crippen LogP contribution < -0.4 is 9.04 Å². The molecule has 1 aliphatic rings. The molecule has 0 unspecified atom stereocenters. The van der Waals surface area contributed by atoms with Gasteiger partial charge in [0.1, 0.15) is 16.9 Å². The van der Waals surface area contributed by atoms with E-state index in [9.17, 15) is 13.2 Å². The average molecular weight is 459 g/mol. The lowest BCUT2D eigenvalue weighted by Gasteiger charge is -2.35. The van der Waals surface area contributed by atoms with Gasteiger partial charge in [-0.2, -0.15) is 0 Å². The van der Waals surface area contributed by atoms with Crippen molar-refractivity contribution < 1.29 is 23.1 Å². The van der Waals surface area contributed by atoms with Gasteiger partial charge in [0.05, 0.1) is 17.1 Å². The van der Waals surface area contributed by atoms with Crippen molar-refractivity contribution in [2.75, 3.05) is 10.8 Å². The SMILES string of the molecule is Cc1cccc(S(=O)(=O)N2C[C@H](CCC(=O)O)Oc3ccc(-c4nc(C)cs4)cc32)c1. The fraction of sp³-hybridized carbons (Fsp3) is 0.273. The predicted molar refractivity (Wildman–Crippen MR) is 119 cm³/mol. The van der Waals surface area contributed by atoms with Crippen LogP contribution in [0.25, 0.3) is 10.6 Å². The molecule has 9 heteroatoms. The molecule has 0 spiro atoms. The van der Waals surface area contributed by atoms with Crippen LogP contribution in [0.15, 0.2) is 52.7 Å². The van der Waals surface area contributed by atoms with Gasteiger partial charge in [0.15, 0.2) is 0 Å². The predicted octanol–water partition coefficient (Wildman–Crippen LogP) is 4.25. The largest absolute Gasteiger partial charge is 0.486 e. The van der Waals surface area contributed by atoms with Crippen LogP contribution in [0.1, 0.15) is 24.1 Å². The second-order valence-corrected chi connectivity index (χ2v) is 10.2. The van der Waals surface area contributed by atoms with Gasteiger partial charge in [0.25, 0.3) is 10.0 Å². The van der Waals surface area contributed by atoms with Crippen LogP contribution in [0.3, 0.4) is 0 Å². The zero-order valence-corrected chi connectivity index (χ0v) is 18.7. The molecule has 162 valence electrons. The van der Waals surface area contributed by atoms with Crippen molar-refractivity contribution in [2.45, 2.75) is 37.7 Å². The smallest absolute Gasteiger partial charge is 0.303 e. The molecule has 1 aliphatic heterocycles. The summed E-state index contributed by atoms with van der Waals surface area (Å²) in [6.45, 7) is 3.78. The second kappa shape index (κ2) is 8.32. The van der Waals surface area contributed by atoms with Gasteiger partial charge in [-0.15, -0.1) is 11.3 Å². The van der Waals surface area contributed by atoms with E-state index in [0.717, 1.165) is 21.8 Å². The summed E-state index contributed by atoms with van der Waals surface area (Å²) in [5, 5.41) is 11.8. The number of carboxylic acid groups (broad SMARTS) is 1. The van der Waals surface area contributed by atoms with E-state index in [-0.39, 0.29) is 24.3 Å². The fourth-order valence-corrected chi connectivity index (χ4v) is 5.90. The average Bonchev–Trinajstić information content (AvgIpc) is 3.17. The number of carboxylic acids is 1. The molecule has 7 nitrogen and oxygen atoms in total. The molecule has 2 aromatic carbocycles. The first-order valence-electron chi connectivity index (χ1n) is 9.78. The Morgan fingerprint density at radius 3 is 2.74 bits per heavy atom. The molecule has 1 N–H and O–H groups in total. The van der Waals surface area contributed by atoms with E-state index in [1.54, 1.807) is 30.3 Å². The summed E-state index contributed by atoms with van der Waals surface area (Å²) in [6.07, 6.45) is -0.451. The zero-order valence-electron chi connectivity index (χ0n) is 17.1. The molecule has 0 bridgehead atoms. The van der Waals surface area contributed by atoms with Gasteiger partial charge in [0, 0.05) is 23.1 Å². The van der Waals surface area contributed by atoms with E-state index in [1.807, 2.05) is 31.4 Å². The first-order chi connectivity index (χ1) is 14.7. The number of fused-ring (bicyclic) bond motifs is 1. The summed E-state index contributed by atoms with van der Waals surface area (Å²) in [6, 6.07) is 12.1. The van der Waals surface area contributed by atoms with Crippen LogP contribution in [-0.2, 0) is 14.8 Å². The van der Waals surface area contributed by atoms with E-state index in [1.165, 1.54) is 15.6 Å². The van der Waals surface area contributed by atoms with Crippen molar-refractivity contribution in [2.24, 2.45) is 0 Å². The van der Waals surface area contributed by atoms with Crippen molar-refractivity contribution in [1.29, 1.82) is 0 Å². The number of benzene rings is 2. The van der Waals surface area contributed by atoms with E-state index in [2.05, 4.69) is 4.98 Å². The first-order valence-corrected chi connectivity index (χ1v) is 12.1. The minimum absolute atomic E-state index is 0.0386. The van der Waals surface area contributed by atoms with Gasteiger partial charge in [-0.05, 0) is 56.2 Å². The van der Waals surface area contributed by atoms with E-state index in [4.69, 9.17) is 9.84 Å². The van der Waals surface area contributed by atoms with E-state index < -0.39 is 22.1 Å². The van der Waals surface area contributed by atoms with Crippen LogP contribution in [0, 0.1) is 13.8 Å². The molecule has 0 saturated carbocycles. The molecular formula is C22H22N2O5S2. The number of thiazole rings is 1. The molecule has 0 amide bonds. The van der Waals surface area contributed by atoms with Crippen LogP contribution in [-0.4, -0.2) is 37.1 Å². The van der Waals surface area contributed by atoms with Crippen LogP contribution >= 0.6 is 11.3 Å². The molecule has 1 aromatic heterocycles. The van der Waals surface area contributed by atoms with E-state index >= 15 is 0 Å². The Hall–Kier alpha value is -2.91. The monoisotopic (exact) mass is 458 g/mol. The lowest BCUT2D eigenvalue weighted by molar-refractivity contribution is -0.137. The molecule has 0 saturated heterocycles. The molecule has 3 aromatic rings. The fourth-order valence-electron chi connectivity index (χ4n) is 3.50. The summed E-state index contributed by atoms with van der Waals surface area (Å²) < 4.78 is 34.5. The van der Waals surface area contributed by atoms with Crippen molar-refractivity contribution in [3.8, 4) is 16.3 Å². The number of aliphatic carboxylic acids is 1. The third kappa shape index (κ3) is 4.42. The highest BCUT2D eigenvalue weighted by molar-refractivity contribution is 7.92. The van der Waals surface area contributed by atoms with Gasteiger partial charge >= 0.3 is 5.97 Å². The summed E-state index contributed by atoms with van der Waals surface area (Å²) in [7, 11) is -3.87. The highest BCUT2D eigenvalue weighted by Gasteiger charge is 2.35. The van der Waals surface area contributed by atoms with Crippen LogP contribution in [0.4, 0.5) is 5.69 Å². The van der Waals surface area contributed by atoms with Crippen molar-refractivity contribution in [3.05, 3.63) is 59.1 Å². The lowest BCUT2D eigenvalue weighted by atomic mass is 10.1. The maximum absolute atomic E-state index is 13.6. The maximum atomic E-state index is 13.6. The molecule has 0 aliphatic carbocycles. The number of anilines is 1. The third-order valence-electron chi connectivity index (χ3n) is 5.01. The number of aromatic nitrogens is 1. The number of aryl methyl sites for hydroxylation is 2. The lowest BCUT2D eigenvalue weighted by Crippen LogP contribution is -2.43. The standard InChI is InChI=1S/C22H22N2O5S2/c1-14-4-3-5-18(10-14)31(27,28)24-12-17(7-9-21(25)26)29-20-8-6-16(11-19(20)24)22-23-15(2)13-30-22/h3-6,8,10-11,13,17H,7,9,12H2,1-2H3,(H,25,26)/t17-/m0/s1. The second-order valence-electron chi connectivity index (χ2n) is 7.50. The Morgan fingerprint density at radius 2 is 2.06 bits per heavy atom. The summed E-state index contributed by atoms with van der Waals surface area (Å²) in [5.41, 5.74) is 2.96.